The van der Waals surface area contributed by atoms with Gasteiger partial charge in [0.25, 0.3) is 0 Å². The van der Waals surface area contributed by atoms with Crippen molar-refractivity contribution >= 4 is 39.0 Å². The molecule has 0 fully saturated rings. The van der Waals surface area contributed by atoms with E-state index in [4.69, 9.17) is 4.42 Å². The highest BCUT2D eigenvalue weighted by Gasteiger charge is 2.40. The van der Waals surface area contributed by atoms with E-state index in [1.165, 1.54) is 100 Å². The molecule has 3 aliphatic carbocycles. The molecular formula is C63H49NO. The van der Waals surface area contributed by atoms with Gasteiger partial charge in [-0.2, -0.15) is 0 Å². The van der Waals surface area contributed by atoms with E-state index in [1.54, 1.807) is 0 Å². The van der Waals surface area contributed by atoms with Gasteiger partial charge in [0.05, 0.1) is 0 Å². The topological polar surface area (TPSA) is 16.4 Å². The minimum absolute atomic E-state index is 0.125. The monoisotopic (exact) mass is 835 g/mol. The van der Waals surface area contributed by atoms with Crippen molar-refractivity contribution in [1.82, 2.24) is 0 Å². The molecule has 0 saturated carbocycles. The van der Waals surface area contributed by atoms with Gasteiger partial charge in [0, 0.05) is 44.1 Å². The van der Waals surface area contributed by atoms with Crippen LogP contribution in [0.15, 0.2) is 192 Å². The molecule has 0 aliphatic heterocycles. The molecule has 0 radical (unpaired) electrons. The fraction of sp³-hybridized carbons (Fsp3) is 0.143. The van der Waals surface area contributed by atoms with E-state index in [0.717, 1.165) is 27.6 Å². The standard InChI is InChI=1S/C63H49NO/c1-61(2)53-18-12-10-16-45(53)48-28-23-42(35-56(48)61)64(43-24-29-49-46-26-20-40(38-14-8-7-9-15-38)33-54(46)62(3,4)57(49)36-43)44-25-30-50-47-27-21-41(34-55(47)63(5,6)58(50)37-44)39-22-31-60-52(32-39)51-17-11-13-19-59(51)65-60/h7-37H,1-6H3. The Kier molecular flexibility index (Phi) is 7.80. The van der Waals surface area contributed by atoms with E-state index in [1.807, 2.05) is 6.07 Å². The fourth-order valence-corrected chi connectivity index (χ4v) is 11.9. The molecule has 10 aromatic rings. The van der Waals surface area contributed by atoms with Crippen LogP contribution in [-0.2, 0) is 16.2 Å². The van der Waals surface area contributed by atoms with E-state index >= 15 is 0 Å². The summed E-state index contributed by atoms with van der Waals surface area (Å²) in [7, 11) is 0. The van der Waals surface area contributed by atoms with Crippen LogP contribution >= 0.6 is 0 Å². The minimum atomic E-state index is -0.228. The number of fused-ring (bicyclic) bond motifs is 12. The average molecular weight is 836 g/mol. The van der Waals surface area contributed by atoms with Crippen molar-refractivity contribution in [3.63, 3.8) is 0 Å². The predicted octanol–water partition coefficient (Wildman–Crippen LogP) is 17.3. The second-order valence-electron chi connectivity index (χ2n) is 20.1. The van der Waals surface area contributed by atoms with Crippen LogP contribution in [0.3, 0.4) is 0 Å². The summed E-state index contributed by atoms with van der Waals surface area (Å²) in [5.41, 5.74) is 25.9. The fourth-order valence-electron chi connectivity index (χ4n) is 11.9. The lowest BCUT2D eigenvalue weighted by Gasteiger charge is -2.31. The van der Waals surface area contributed by atoms with Gasteiger partial charge in [-0.15, -0.1) is 0 Å². The maximum Gasteiger partial charge on any atom is 0.135 e. The van der Waals surface area contributed by atoms with Crippen LogP contribution in [0.5, 0.6) is 0 Å². The Labute approximate surface area is 381 Å². The summed E-state index contributed by atoms with van der Waals surface area (Å²) in [6.07, 6.45) is 0. The Balaban J connectivity index is 0.939. The zero-order valence-corrected chi connectivity index (χ0v) is 37.8. The maximum atomic E-state index is 6.20. The molecule has 1 heterocycles. The summed E-state index contributed by atoms with van der Waals surface area (Å²) < 4.78 is 6.20. The van der Waals surface area contributed by atoms with Crippen molar-refractivity contribution in [3.8, 4) is 55.6 Å². The first kappa shape index (κ1) is 38.1. The van der Waals surface area contributed by atoms with Gasteiger partial charge >= 0.3 is 0 Å². The molecule has 0 atom stereocenters. The van der Waals surface area contributed by atoms with Crippen LogP contribution in [0.2, 0.25) is 0 Å². The van der Waals surface area contributed by atoms with Gasteiger partial charge in [0.2, 0.25) is 0 Å². The molecule has 0 amide bonds. The zero-order valence-electron chi connectivity index (χ0n) is 37.8. The average Bonchev–Trinajstić information content (AvgIpc) is 3.97. The van der Waals surface area contributed by atoms with E-state index < -0.39 is 0 Å². The maximum absolute atomic E-state index is 6.20. The molecule has 9 aromatic carbocycles. The van der Waals surface area contributed by atoms with Crippen molar-refractivity contribution in [1.29, 1.82) is 0 Å². The summed E-state index contributed by atoms with van der Waals surface area (Å²) in [6.45, 7) is 14.3. The van der Waals surface area contributed by atoms with Gasteiger partial charge < -0.3 is 9.32 Å². The van der Waals surface area contributed by atoms with Crippen LogP contribution in [0.4, 0.5) is 17.1 Å². The third kappa shape index (κ3) is 5.41. The lowest BCUT2D eigenvalue weighted by atomic mass is 9.81. The van der Waals surface area contributed by atoms with Crippen molar-refractivity contribution in [3.05, 3.63) is 221 Å². The molecule has 0 unspecified atom stereocenters. The van der Waals surface area contributed by atoms with Crippen molar-refractivity contribution in [2.75, 3.05) is 4.90 Å². The van der Waals surface area contributed by atoms with Gasteiger partial charge in [-0.05, 0) is 156 Å². The Morgan fingerprint density at radius 1 is 0.292 bits per heavy atom. The number of nitrogens with zero attached hydrogens (tertiary/aromatic N) is 1. The Hall–Kier alpha value is -7.42. The highest BCUT2D eigenvalue weighted by molar-refractivity contribution is 6.06. The van der Waals surface area contributed by atoms with E-state index in [-0.39, 0.29) is 16.2 Å². The second kappa shape index (κ2) is 13.3. The molecule has 1 aromatic heterocycles. The van der Waals surface area contributed by atoms with Crippen molar-refractivity contribution in [2.45, 2.75) is 57.8 Å². The molecule has 2 nitrogen and oxygen atoms in total. The normalized spacial score (nSPS) is 15.3. The van der Waals surface area contributed by atoms with E-state index in [9.17, 15) is 0 Å². The molecule has 3 aliphatic rings. The van der Waals surface area contributed by atoms with Crippen LogP contribution in [-0.4, -0.2) is 0 Å². The van der Waals surface area contributed by atoms with Crippen LogP contribution in [0.25, 0.3) is 77.6 Å². The smallest absolute Gasteiger partial charge is 0.135 e. The third-order valence-electron chi connectivity index (χ3n) is 15.5. The molecule has 2 heteroatoms. The van der Waals surface area contributed by atoms with Crippen LogP contribution < -0.4 is 4.90 Å². The summed E-state index contributed by atoms with van der Waals surface area (Å²) in [5, 5.41) is 2.31. The van der Waals surface area contributed by atoms with Gasteiger partial charge in [-0.3, -0.25) is 0 Å². The number of hydrogen-bond donors (Lipinski definition) is 0. The summed E-state index contributed by atoms with van der Waals surface area (Å²) in [5.74, 6) is 0. The largest absolute Gasteiger partial charge is 0.456 e. The van der Waals surface area contributed by atoms with Gasteiger partial charge in [-0.1, -0.05) is 163 Å². The quantitative estimate of drug-likeness (QED) is 0.172. The minimum Gasteiger partial charge on any atom is -0.456 e. The highest BCUT2D eigenvalue weighted by atomic mass is 16.3. The number of furan rings is 1. The van der Waals surface area contributed by atoms with Gasteiger partial charge in [0.1, 0.15) is 11.2 Å². The number of hydrogen-bond acceptors (Lipinski definition) is 2. The van der Waals surface area contributed by atoms with Crippen LogP contribution in [0.1, 0.15) is 74.9 Å². The molecule has 0 bridgehead atoms. The number of rotatable bonds is 5. The number of para-hydroxylation sites is 1. The number of benzene rings is 9. The predicted molar refractivity (Wildman–Crippen MR) is 272 cm³/mol. The SMILES string of the molecule is CC1(C)c2ccccc2-c2ccc(N(c3ccc4c(c3)C(C)(C)c3cc(-c5ccccc5)ccc3-4)c3ccc4c(c3)C(C)(C)c3cc(-c5ccc6oc7ccccc7c6c5)ccc3-4)cc21. The Bertz CT molecular complexity index is 3640. The summed E-state index contributed by atoms with van der Waals surface area (Å²) in [6, 6.07) is 70.4. The van der Waals surface area contributed by atoms with Crippen LogP contribution in [0, 0.1) is 0 Å². The van der Waals surface area contributed by atoms with Crippen molar-refractivity contribution in [2.24, 2.45) is 0 Å². The molecular weight excluding hydrogens is 787 g/mol. The molecule has 65 heavy (non-hydrogen) atoms. The molecule has 312 valence electrons. The first-order chi connectivity index (χ1) is 31.5. The summed E-state index contributed by atoms with van der Waals surface area (Å²) >= 11 is 0. The zero-order chi connectivity index (χ0) is 44.0. The molecule has 0 saturated heterocycles. The molecule has 0 spiro atoms. The third-order valence-corrected chi connectivity index (χ3v) is 15.5. The Morgan fingerprint density at radius 2 is 0.692 bits per heavy atom. The molecule has 13 rings (SSSR count). The number of anilines is 3. The van der Waals surface area contributed by atoms with E-state index in [0.29, 0.717) is 0 Å². The highest BCUT2D eigenvalue weighted by Crippen LogP contribution is 2.56. The summed E-state index contributed by atoms with van der Waals surface area (Å²) in [4.78, 5) is 2.52. The van der Waals surface area contributed by atoms with E-state index in [2.05, 4.69) is 228 Å². The lowest BCUT2D eigenvalue weighted by molar-refractivity contribution is 0.659. The second-order valence-corrected chi connectivity index (χ2v) is 20.1. The van der Waals surface area contributed by atoms with Crippen molar-refractivity contribution < 1.29 is 4.42 Å². The van der Waals surface area contributed by atoms with Gasteiger partial charge in [0.15, 0.2) is 0 Å². The Morgan fingerprint density at radius 3 is 1.28 bits per heavy atom. The lowest BCUT2D eigenvalue weighted by Crippen LogP contribution is -2.19. The molecule has 0 N–H and O–H groups in total. The van der Waals surface area contributed by atoms with Gasteiger partial charge in [-0.25, -0.2) is 0 Å². The first-order valence-corrected chi connectivity index (χ1v) is 23.1. The first-order valence-electron chi connectivity index (χ1n) is 23.1.